The molecule has 1 fully saturated rings. The first-order valence-electron chi connectivity index (χ1n) is 5.82. The number of hydrogen-bond acceptors (Lipinski definition) is 4. The molecule has 1 aromatic rings. The van der Waals surface area contributed by atoms with Gasteiger partial charge in [0, 0.05) is 31.6 Å². The van der Waals surface area contributed by atoms with E-state index in [1.54, 1.807) is 23.2 Å². The maximum atomic E-state index is 12.1. The number of carbonyl (C=O) groups is 1. The highest BCUT2D eigenvalue weighted by Crippen LogP contribution is 2.20. The average molecular weight is 235 g/mol. The highest BCUT2D eigenvalue weighted by atomic mass is 16.3. The number of likely N-dealkylation sites (tertiary alicyclic amines) is 1. The fraction of sp³-hybridized carbons (Fsp3) is 0.500. The van der Waals surface area contributed by atoms with Gasteiger partial charge < -0.3 is 15.7 Å². The lowest BCUT2D eigenvalue weighted by Gasteiger charge is -2.15. The zero-order chi connectivity index (χ0) is 12.3. The van der Waals surface area contributed by atoms with Crippen LogP contribution >= 0.6 is 0 Å². The van der Waals surface area contributed by atoms with Gasteiger partial charge in [0.1, 0.15) is 5.69 Å². The molecule has 17 heavy (non-hydrogen) atoms. The Hall–Kier alpha value is -1.62. The highest BCUT2D eigenvalue weighted by molar-refractivity contribution is 5.93. The van der Waals surface area contributed by atoms with Crippen molar-refractivity contribution < 1.29 is 9.90 Å². The molecule has 1 unspecified atom stereocenters. The second-order valence-electron chi connectivity index (χ2n) is 4.39. The van der Waals surface area contributed by atoms with E-state index >= 15 is 0 Å². The van der Waals surface area contributed by atoms with E-state index in [9.17, 15) is 4.79 Å². The topological polar surface area (TPSA) is 79.5 Å². The Kier molecular flexibility index (Phi) is 3.58. The number of nitrogens with two attached hydrogens (primary N) is 1. The van der Waals surface area contributed by atoms with Crippen LogP contribution in [0.4, 0.5) is 5.69 Å². The summed E-state index contributed by atoms with van der Waals surface area (Å²) >= 11 is 0. The molecule has 2 heterocycles. The van der Waals surface area contributed by atoms with E-state index < -0.39 is 0 Å². The van der Waals surface area contributed by atoms with Crippen LogP contribution in [0.5, 0.6) is 0 Å². The number of pyridine rings is 1. The van der Waals surface area contributed by atoms with Gasteiger partial charge in [-0.25, -0.2) is 0 Å². The van der Waals surface area contributed by atoms with Crippen LogP contribution in [-0.2, 0) is 0 Å². The standard InChI is InChI=1S/C12H17N3O2/c13-10-1-4-14-11(7-10)12(17)15-5-2-9(8-15)3-6-16/h1,4,7,9,16H,2-3,5-6,8H2,(H2,13,14). The SMILES string of the molecule is Nc1ccnc(C(=O)N2CCC(CCO)C2)c1. The van der Waals surface area contributed by atoms with E-state index in [-0.39, 0.29) is 12.5 Å². The molecular formula is C12H17N3O2. The second-order valence-corrected chi connectivity index (χ2v) is 4.39. The van der Waals surface area contributed by atoms with E-state index in [1.807, 2.05) is 0 Å². The molecule has 0 radical (unpaired) electrons. The van der Waals surface area contributed by atoms with Crippen molar-refractivity contribution >= 4 is 11.6 Å². The lowest BCUT2D eigenvalue weighted by atomic mass is 10.1. The van der Waals surface area contributed by atoms with Crippen molar-refractivity contribution in [3.63, 3.8) is 0 Å². The number of rotatable bonds is 3. The van der Waals surface area contributed by atoms with Gasteiger partial charge >= 0.3 is 0 Å². The van der Waals surface area contributed by atoms with Crippen molar-refractivity contribution in [2.45, 2.75) is 12.8 Å². The number of carbonyl (C=O) groups excluding carboxylic acids is 1. The Balaban J connectivity index is 2.02. The highest BCUT2D eigenvalue weighted by Gasteiger charge is 2.27. The number of nitrogens with zero attached hydrogens (tertiary/aromatic N) is 2. The lowest BCUT2D eigenvalue weighted by molar-refractivity contribution is 0.0779. The van der Waals surface area contributed by atoms with Gasteiger partial charge in [-0.05, 0) is 30.9 Å². The quantitative estimate of drug-likeness (QED) is 0.800. The molecule has 0 aliphatic carbocycles. The molecule has 1 saturated heterocycles. The van der Waals surface area contributed by atoms with Crippen LogP contribution < -0.4 is 5.73 Å². The second kappa shape index (κ2) is 5.14. The van der Waals surface area contributed by atoms with Crippen molar-refractivity contribution in [3.8, 4) is 0 Å². The summed E-state index contributed by atoms with van der Waals surface area (Å²) in [7, 11) is 0. The van der Waals surface area contributed by atoms with Gasteiger partial charge in [-0.3, -0.25) is 9.78 Å². The molecule has 1 aliphatic heterocycles. The summed E-state index contributed by atoms with van der Waals surface area (Å²) in [6.07, 6.45) is 3.26. The third kappa shape index (κ3) is 2.74. The van der Waals surface area contributed by atoms with Crippen molar-refractivity contribution in [2.24, 2.45) is 5.92 Å². The predicted molar refractivity (Wildman–Crippen MR) is 64.4 cm³/mol. The van der Waals surface area contributed by atoms with E-state index in [4.69, 9.17) is 10.8 Å². The third-order valence-corrected chi connectivity index (χ3v) is 3.11. The molecule has 5 heteroatoms. The molecule has 3 N–H and O–H groups in total. The molecule has 0 bridgehead atoms. The van der Waals surface area contributed by atoms with Crippen molar-refractivity contribution in [3.05, 3.63) is 24.0 Å². The van der Waals surface area contributed by atoms with Gasteiger partial charge in [0.25, 0.3) is 5.91 Å². The molecule has 0 aromatic carbocycles. The summed E-state index contributed by atoms with van der Waals surface area (Å²) in [6.45, 7) is 1.62. The molecule has 1 aromatic heterocycles. The number of aromatic nitrogens is 1. The fourth-order valence-corrected chi connectivity index (χ4v) is 2.16. The summed E-state index contributed by atoms with van der Waals surface area (Å²) in [5.41, 5.74) is 6.57. The van der Waals surface area contributed by atoms with Crippen LogP contribution in [0.25, 0.3) is 0 Å². The number of aliphatic hydroxyl groups excluding tert-OH is 1. The Morgan fingerprint density at radius 2 is 2.47 bits per heavy atom. The predicted octanol–water partition coefficient (Wildman–Crippen LogP) is 0.508. The molecular weight excluding hydrogens is 218 g/mol. The molecule has 2 rings (SSSR count). The Morgan fingerprint density at radius 3 is 3.18 bits per heavy atom. The van der Waals surface area contributed by atoms with Gasteiger partial charge in [-0.15, -0.1) is 0 Å². The minimum absolute atomic E-state index is 0.0715. The third-order valence-electron chi connectivity index (χ3n) is 3.11. The van der Waals surface area contributed by atoms with Gasteiger partial charge in [0.05, 0.1) is 0 Å². The van der Waals surface area contributed by atoms with Crippen molar-refractivity contribution in [1.82, 2.24) is 9.88 Å². The molecule has 0 saturated carbocycles. The van der Waals surface area contributed by atoms with Crippen LogP contribution in [-0.4, -0.2) is 40.6 Å². The maximum absolute atomic E-state index is 12.1. The summed E-state index contributed by atoms with van der Waals surface area (Å²) in [6, 6.07) is 3.26. The lowest BCUT2D eigenvalue weighted by Crippen LogP contribution is -2.29. The molecule has 1 aliphatic rings. The number of amides is 1. The summed E-state index contributed by atoms with van der Waals surface area (Å²) < 4.78 is 0. The van der Waals surface area contributed by atoms with E-state index in [1.165, 1.54) is 0 Å². The number of anilines is 1. The van der Waals surface area contributed by atoms with E-state index in [0.29, 0.717) is 23.8 Å². The van der Waals surface area contributed by atoms with Gasteiger partial charge in [-0.1, -0.05) is 0 Å². The van der Waals surface area contributed by atoms with Crippen molar-refractivity contribution in [1.29, 1.82) is 0 Å². The summed E-state index contributed by atoms with van der Waals surface area (Å²) in [5, 5.41) is 8.87. The first kappa shape index (κ1) is 11.9. The zero-order valence-corrected chi connectivity index (χ0v) is 9.67. The largest absolute Gasteiger partial charge is 0.399 e. The normalized spacial score (nSPS) is 19.6. The Bertz CT molecular complexity index is 408. The fourth-order valence-electron chi connectivity index (χ4n) is 2.16. The van der Waals surface area contributed by atoms with Gasteiger partial charge in [0.15, 0.2) is 0 Å². The average Bonchev–Trinajstić information content (AvgIpc) is 2.77. The van der Waals surface area contributed by atoms with Crippen LogP contribution in [0, 0.1) is 5.92 Å². The first-order chi connectivity index (χ1) is 8.20. The van der Waals surface area contributed by atoms with Gasteiger partial charge in [0.2, 0.25) is 0 Å². The molecule has 92 valence electrons. The Labute approximate surface area is 100 Å². The molecule has 0 spiro atoms. The zero-order valence-electron chi connectivity index (χ0n) is 9.67. The van der Waals surface area contributed by atoms with Crippen LogP contribution in [0.1, 0.15) is 23.3 Å². The van der Waals surface area contributed by atoms with Crippen LogP contribution in [0.15, 0.2) is 18.3 Å². The monoisotopic (exact) mass is 235 g/mol. The first-order valence-corrected chi connectivity index (χ1v) is 5.82. The van der Waals surface area contributed by atoms with Crippen LogP contribution in [0.2, 0.25) is 0 Å². The number of aliphatic hydroxyl groups is 1. The van der Waals surface area contributed by atoms with Crippen LogP contribution in [0.3, 0.4) is 0 Å². The smallest absolute Gasteiger partial charge is 0.272 e. The van der Waals surface area contributed by atoms with Crippen molar-refractivity contribution in [2.75, 3.05) is 25.4 Å². The summed E-state index contributed by atoms with van der Waals surface area (Å²) in [4.78, 5) is 17.9. The molecule has 5 nitrogen and oxygen atoms in total. The maximum Gasteiger partial charge on any atom is 0.272 e. The van der Waals surface area contributed by atoms with Gasteiger partial charge in [-0.2, -0.15) is 0 Å². The molecule has 1 atom stereocenters. The minimum Gasteiger partial charge on any atom is -0.399 e. The van der Waals surface area contributed by atoms with E-state index in [0.717, 1.165) is 19.4 Å². The van der Waals surface area contributed by atoms with E-state index in [2.05, 4.69) is 4.98 Å². The summed E-state index contributed by atoms with van der Waals surface area (Å²) in [5.74, 6) is 0.336. The minimum atomic E-state index is -0.0715. The number of hydrogen-bond donors (Lipinski definition) is 2. The Morgan fingerprint density at radius 1 is 1.65 bits per heavy atom. The molecule has 1 amide bonds. The number of nitrogen functional groups attached to an aromatic ring is 1.